The van der Waals surface area contributed by atoms with E-state index < -0.39 is 5.97 Å². The summed E-state index contributed by atoms with van der Waals surface area (Å²) < 4.78 is 0. The summed E-state index contributed by atoms with van der Waals surface area (Å²) in [6, 6.07) is 11.7. The van der Waals surface area contributed by atoms with Gasteiger partial charge in [-0.3, -0.25) is 9.69 Å². The summed E-state index contributed by atoms with van der Waals surface area (Å²) in [5.74, 6) is -0.414. The van der Waals surface area contributed by atoms with Crippen LogP contribution in [0.5, 0.6) is 0 Å². The Kier molecular flexibility index (Phi) is 3.87. The first-order chi connectivity index (χ1) is 9.20. The average molecular weight is 256 g/mol. The predicted octanol–water partition coefficient (Wildman–Crippen LogP) is 1.94. The zero-order valence-corrected chi connectivity index (χ0v) is 10.1. The molecule has 1 amide bonds. The molecule has 0 aliphatic carbocycles. The third kappa shape index (κ3) is 3.16. The first-order valence-electron chi connectivity index (χ1n) is 5.66. The van der Waals surface area contributed by atoms with Gasteiger partial charge in [-0.25, -0.2) is 9.78 Å². The third-order valence-corrected chi connectivity index (χ3v) is 2.62. The monoisotopic (exact) mass is 256 g/mol. The lowest BCUT2D eigenvalue weighted by Gasteiger charge is -2.16. The fraction of sp³-hybridized carbons (Fsp3) is 0.0714. The van der Waals surface area contributed by atoms with Crippen molar-refractivity contribution in [2.45, 2.75) is 6.54 Å². The number of hydrogen-bond acceptors (Lipinski definition) is 3. The average Bonchev–Trinajstić information content (AvgIpc) is 2.46. The molecule has 0 saturated heterocycles. The van der Waals surface area contributed by atoms with Crippen LogP contribution in [0.3, 0.4) is 0 Å². The van der Waals surface area contributed by atoms with Crippen LogP contribution in [-0.2, 0) is 11.3 Å². The number of pyridine rings is 1. The molecule has 0 unspecified atom stereocenters. The van der Waals surface area contributed by atoms with E-state index in [-0.39, 0.29) is 5.56 Å². The number of carbonyl (C=O) groups is 2. The highest BCUT2D eigenvalue weighted by atomic mass is 16.4. The van der Waals surface area contributed by atoms with Gasteiger partial charge in [-0.1, -0.05) is 18.2 Å². The van der Waals surface area contributed by atoms with Crippen LogP contribution < -0.4 is 4.90 Å². The van der Waals surface area contributed by atoms with Gasteiger partial charge >= 0.3 is 5.97 Å². The highest BCUT2D eigenvalue weighted by Crippen LogP contribution is 2.12. The second-order valence-electron chi connectivity index (χ2n) is 3.92. The van der Waals surface area contributed by atoms with E-state index in [2.05, 4.69) is 4.98 Å². The Balaban J connectivity index is 2.15. The van der Waals surface area contributed by atoms with E-state index in [1.807, 2.05) is 0 Å². The van der Waals surface area contributed by atoms with Crippen molar-refractivity contribution in [3.05, 3.63) is 59.8 Å². The maximum Gasteiger partial charge on any atom is 0.335 e. The number of benzene rings is 1. The van der Waals surface area contributed by atoms with E-state index >= 15 is 0 Å². The number of aromatic nitrogens is 1. The van der Waals surface area contributed by atoms with Gasteiger partial charge in [-0.05, 0) is 29.8 Å². The fourth-order valence-electron chi connectivity index (χ4n) is 1.65. The van der Waals surface area contributed by atoms with Crippen LogP contribution in [0.2, 0.25) is 0 Å². The quantitative estimate of drug-likeness (QED) is 0.830. The van der Waals surface area contributed by atoms with E-state index in [0.717, 1.165) is 5.56 Å². The van der Waals surface area contributed by atoms with Gasteiger partial charge in [0.05, 0.1) is 12.1 Å². The van der Waals surface area contributed by atoms with E-state index in [9.17, 15) is 9.59 Å². The smallest absolute Gasteiger partial charge is 0.335 e. The Labute approximate surface area is 110 Å². The summed E-state index contributed by atoms with van der Waals surface area (Å²) in [4.78, 5) is 27.4. The number of anilines is 1. The van der Waals surface area contributed by atoms with E-state index in [4.69, 9.17) is 5.11 Å². The molecule has 5 heteroatoms. The fourth-order valence-corrected chi connectivity index (χ4v) is 1.65. The molecule has 19 heavy (non-hydrogen) atoms. The predicted molar refractivity (Wildman–Crippen MR) is 69.9 cm³/mol. The minimum Gasteiger partial charge on any atom is -0.478 e. The summed E-state index contributed by atoms with van der Waals surface area (Å²) in [7, 11) is 0. The van der Waals surface area contributed by atoms with Crippen LogP contribution in [0.1, 0.15) is 15.9 Å². The number of aromatic carboxylic acids is 1. The van der Waals surface area contributed by atoms with Gasteiger partial charge in [0.25, 0.3) is 0 Å². The molecule has 0 spiro atoms. The minimum atomic E-state index is -0.969. The lowest BCUT2D eigenvalue weighted by Crippen LogP contribution is -2.21. The maximum absolute atomic E-state index is 11.1. The molecule has 1 aromatic carbocycles. The molecule has 0 radical (unpaired) electrons. The van der Waals surface area contributed by atoms with Gasteiger partial charge in [-0.2, -0.15) is 0 Å². The highest BCUT2D eigenvalue weighted by molar-refractivity contribution is 5.87. The normalized spacial score (nSPS) is 9.89. The third-order valence-electron chi connectivity index (χ3n) is 2.62. The van der Waals surface area contributed by atoms with Gasteiger partial charge < -0.3 is 5.11 Å². The zero-order chi connectivity index (χ0) is 13.7. The Morgan fingerprint density at radius 2 is 1.95 bits per heavy atom. The Morgan fingerprint density at radius 1 is 1.21 bits per heavy atom. The molecular weight excluding hydrogens is 244 g/mol. The number of carboxylic acid groups (broad SMARTS) is 1. The van der Waals surface area contributed by atoms with E-state index in [1.54, 1.807) is 36.5 Å². The minimum absolute atomic E-state index is 0.222. The van der Waals surface area contributed by atoms with Crippen molar-refractivity contribution in [3.63, 3.8) is 0 Å². The van der Waals surface area contributed by atoms with Crippen molar-refractivity contribution >= 4 is 18.2 Å². The van der Waals surface area contributed by atoms with Crippen LogP contribution in [0.15, 0.2) is 48.7 Å². The lowest BCUT2D eigenvalue weighted by atomic mass is 10.1. The number of amides is 1. The molecule has 5 nitrogen and oxygen atoms in total. The number of rotatable bonds is 5. The summed E-state index contributed by atoms with van der Waals surface area (Å²) in [6.07, 6.45) is 2.31. The van der Waals surface area contributed by atoms with Gasteiger partial charge in [0.1, 0.15) is 5.82 Å². The molecule has 96 valence electrons. The first kappa shape index (κ1) is 12.8. The number of carbonyl (C=O) groups excluding carboxylic acids is 1. The van der Waals surface area contributed by atoms with Crippen LogP contribution in [-0.4, -0.2) is 22.5 Å². The zero-order valence-electron chi connectivity index (χ0n) is 10.1. The van der Waals surface area contributed by atoms with Crippen molar-refractivity contribution in [2.75, 3.05) is 4.90 Å². The summed E-state index contributed by atoms with van der Waals surface area (Å²) in [5, 5.41) is 8.81. The van der Waals surface area contributed by atoms with Crippen LogP contribution in [0.4, 0.5) is 5.82 Å². The van der Waals surface area contributed by atoms with E-state index in [0.29, 0.717) is 18.8 Å². The van der Waals surface area contributed by atoms with Crippen LogP contribution >= 0.6 is 0 Å². The number of nitrogens with zero attached hydrogens (tertiary/aromatic N) is 2. The number of hydrogen-bond donors (Lipinski definition) is 1. The molecule has 0 aliphatic heterocycles. The van der Waals surface area contributed by atoms with Gasteiger partial charge in [0.2, 0.25) is 6.41 Å². The second-order valence-corrected chi connectivity index (χ2v) is 3.92. The van der Waals surface area contributed by atoms with E-state index in [1.165, 1.54) is 17.0 Å². The Morgan fingerprint density at radius 3 is 2.47 bits per heavy atom. The molecule has 1 heterocycles. The summed E-state index contributed by atoms with van der Waals surface area (Å²) >= 11 is 0. The largest absolute Gasteiger partial charge is 0.478 e. The lowest BCUT2D eigenvalue weighted by molar-refractivity contribution is -0.107. The van der Waals surface area contributed by atoms with Gasteiger partial charge in [0, 0.05) is 6.20 Å². The topological polar surface area (TPSA) is 70.5 Å². The Bertz CT molecular complexity index is 567. The molecule has 0 fully saturated rings. The van der Waals surface area contributed by atoms with Crippen molar-refractivity contribution < 1.29 is 14.7 Å². The van der Waals surface area contributed by atoms with Crippen molar-refractivity contribution in [1.29, 1.82) is 0 Å². The standard InChI is InChI=1S/C14H12N2O3/c17-10-16(13-3-1-2-8-15-13)9-11-4-6-12(7-5-11)14(18)19/h1-8,10H,9H2,(H,18,19). The first-order valence-corrected chi connectivity index (χ1v) is 5.66. The molecular formula is C14H12N2O3. The molecule has 1 aromatic heterocycles. The molecule has 2 aromatic rings. The van der Waals surface area contributed by atoms with Crippen molar-refractivity contribution in [1.82, 2.24) is 4.98 Å². The molecule has 1 N–H and O–H groups in total. The maximum atomic E-state index is 11.1. The second kappa shape index (κ2) is 5.77. The summed E-state index contributed by atoms with van der Waals surface area (Å²) in [5.41, 5.74) is 1.06. The molecule has 0 bridgehead atoms. The molecule has 0 aliphatic rings. The summed E-state index contributed by atoms with van der Waals surface area (Å²) in [6.45, 7) is 0.348. The van der Waals surface area contributed by atoms with Crippen LogP contribution in [0, 0.1) is 0 Å². The Hall–Kier alpha value is -2.69. The molecule has 0 atom stereocenters. The molecule has 2 rings (SSSR count). The highest BCUT2D eigenvalue weighted by Gasteiger charge is 2.08. The number of carboxylic acids is 1. The molecule has 0 saturated carbocycles. The van der Waals surface area contributed by atoms with Crippen LogP contribution in [0.25, 0.3) is 0 Å². The van der Waals surface area contributed by atoms with Gasteiger partial charge in [-0.15, -0.1) is 0 Å². The van der Waals surface area contributed by atoms with Crippen molar-refractivity contribution in [2.24, 2.45) is 0 Å². The van der Waals surface area contributed by atoms with Gasteiger partial charge in [0.15, 0.2) is 0 Å². The SMILES string of the molecule is O=CN(Cc1ccc(C(=O)O)cc1)c1ccccn1. The van der Waals surface area contributed by atoms with Crippen molar-refractivity contribution in [3.8, 4) is 0 Å².